The molecular formula is C21H24N4OS. The molecule has 1 aromatic carbocycles. The van der Waals surface area contributed by atoms with Gasteiger partial charge in [0.05, 0.1) is 5.75 Å². The molecule has 2 aromatic heterocycles. The number of aromatic nitrogens is 4. The largest absolute Gasteiger partial charge is 0.348 e. The second-order valence-electron chi connectivity index (χ2n) is 7.14. The van der Waals surface area contributed by atoms with Crippen molar-refractivity contribution in [3.63, 3.8) is 0 Å². The first-order chi connectivity index (χ1) is 13.1. The lowest BCUT2D eigenvalue weighted by molar-refractivity contribution is 0.102. The van der Waals surface area contributed by atoms with Crippen molar-refractivity contribution in [2.24, 2.45) is 0 Å². The van der Waals surface area contributed by atoms with E-state index in [1.54, 1.807) is 6.33 Å². The van der Waals surface area contributed by atoms with Gasteiger partial charge in [-0.1, -0.05) is 42.1 Å². The number of carbonyl (C=O) groups is 1. The summed E-state index contributed by atoms with van der Waals surface area (Å²) in [5, 5.41) is 9.02. The Balaban J connectivity index is 1.42. The van der Waals surface area contributed by atoms with Crippen molar-refractivity contribution in [3.8, 4) is 0 Å². The molecule has 0 atom stereocenters. The molecule has 0 saturated heterocycles. The Labute approximate surface area is 163 Å². The lowest BCUT2D eigenvalue weighted by Crippen LogP contribution is -2.08. The lowest BCUT2D eigenvalue weighted by atomic mass is 10.1. The number of carbonyl (C=O) groups excluding carboxylic acids is 1. The Morgan fingerprint density at radius 3 is 2.74 bits per heavy atom. The van der Waals surface area contributed by atoms with Crippen molar-refractivity contribution in [2.45, 2.75) is 50.9 Å². The molecule has 1 fully saturated rings. The Morgan fingerprint density at radius 1 is 1.22 bits per heavy atom. The van der Waals surface area contributed by atoms with Gasteiger partial charge in [0.15, 0.2) is 10.9 Å². The molecule has 0 bridgehead atoms. The zero-order valence-electron chi connectivity index (χ0n) is 15.8. The van der Waals surface area contributed by atoms with E-state index in [0.717, 1.165) is 35.1 Å². The molecule has 0 aliphatic heterocycles. The van der Waals surface area contributed by atoms with Crippen molar-refractivity contribution in [2.75, 3.05) is 5.75 Å². The van der Waals surface area contributed by atoms with E-state index in [1.165, 1.54) is 30.2 Å². The van der Waals surface area contributed by atoms with Crippen molar-refractivity contribution in [1.29, 1.82) is 0 Å². The fourth-order valence-electron chi connectivity index (χ4n) is 3.46. The van der Waals surface area contributed by atoms with Crippen molar-refractivity contribution in [3.05, 3.63) is 65.2 Å². The number of hydrogen-bond acceptors (Lipinski definition) is 4. The van der Waals surface area contributed by atoms with E-state index in [0.29, 0.717) is 11.8 Å². The van der Waals surface area contributed by atoms with E-state index in [9.17, 15) is 4.79 Å². The SMILES string of the molecule is Cc1cc(C(=O)CSc2nncn2C2CC2)c(C)n1CCc1ccccc1. The van der Waals surface area contributed by atoms with Crippen molar-refractivity contribution in [1.82, 2.24) is 19.3 Å². The molecule has 3 aromatic rings. The molecule has 27 heavy (non-hydrogen) atoms. The third-order valence-corrected chi connectivity index (χ3v) is 6.11. The number of thioether (sulfide) groups is 1. The van der Waals surface area contributed by atoms with Gasteiger partial charge < -0.3 is 9.13 Å². The lowest BCUT2D eigenvalue weighted by Gasteiger charge is -2.10. The second-order valence-corrected chi connectivity index (χ2v) is 8.08. The van der Waals surface area contributed by atoms with Gasteiger partial charge in [-0.2, -0.15) is 0 Å². The van der Waals surface area contributed by atoms with Crippen LogP contribution in [0.4, 0.5) is 0 Å². The maximum absolute atomic E-state index is 12.8. The quantitative estimate of drug-likeness (QED) is 0.433. The topological polar surface area (TPSA) is 52.7 Å². The summed E-state index contributed by atoms with van der Waals surface area (Å²) >= 11 is 1.49. The van der Waals surface area contributed by atoms with E-state index in [1.807, 2.05) is 19.1 Å². The average Bonchev–Trinajstić information content (AvgIpc) is 3.35. The fraction of sp³-hybridized carbons (Fsp3) is 0.381. The van der Waals surface area contributed by atoms with E-state index in [4.69, 9.17) is 0 Å². The minimum Gasteiger partial charge on any atom is -0.348 e. The first-order valence-electron chi connectivity index (χ1n) is 9.39. The second kappa shape index (κ2) is 7.72. The number of aryl methyl sites for hydroxylation is 2. The molecule has 1 saturated carbocycles. The van der Waals surface area contributed by atoms with Gasteiger partial charge in [-0.25, -0.2) is 0 Å². The number of Topliss-reactive ketones (excluding diaryl/α,β-unsaturated/α-hetero) is 1. The summed E-state index contributed by atoms with van der Waals surface area (Å²) in [6.07, 6.45) is 5.11. The maximum atomic E-state index is 12.8. The summed E-state index contributed by atoms with van der Waals surface area (Å²) in [4.78, 5) is 12.8. The van der Waals surface area contributed by atoms with Crippen LogP contribution in [0.1, 0.15) is 46.2 Å². The first-order valence-corrected chi connectivity index (χ1v) is 10.4. The highest BCUT2D eigenvalue weighted by Crippen LogP contribution is 2.37. The zero-order chi connectivity index (χ0) is 18.8. The first kappa shape index (κ1) is 18.0. The van der Waals surface area contributed by atoms with Crippen LogP contribution in [0, 0.1) is 13.8 Å². The molecule has 1 aliphatic carbocycles. The van der Waals surface area contributed by atoms with Gasteiger partial charge >= 0.3 is 0 Å². The molecule has 0 amide bonds. The molecule has 0 N–H and O–H groups in total. The number of ketones is 1. The van der Waals surface area contributed by atoms with Gasteiger partial charge in [0.25, 0.3) is 0 Å². The van der Waals surface area contributed by atoms with Crippen LogP contribution in [0.3, 0.4) is 0 Å². The highest BCUT2D eigenvalue weighted by molar-refractivity contribution is 7.99. The van der Waals surface area contributed by atoms with E-state index < -0.39 is 0 Å². The molecule has 2 heterocycles. The summed E-state index contributed by atoms with van der Waals surface area (Å²) in [6, 6.07) is 13.0. The number of nitrogens with zero attached hydrogens (tertiary/aromatic N) is 4. The van der Waals surface area contributed by atoms with E-state index in [-0.39, 0.29) is 5.78 Å². The highest BCUT2D eigenvalue weighted by Gasteiger charge is 2.26. The number of rotatable bonds is 8. The minimum atomic E-state index is 0.157. The molecular weight excluding hydrogens is 356 g/mol. The van der Waals surface area contributed by atoms with Gasteiger partial charge in [0.2, 0.25) is 0 Å². The van der Waals surface area contributed by atoms with Crippen molar-refractivity contribution >= 4 is 17.5 Å². The molecule has 6 heteroatoms. The smallest absolute Gasteiger partial charge is 0.191 e. The van der Waals surface area contributed by atoms with Gasteiger partial charge in [-0.05, 0) is 44.7 Å². The van der Waals surface area contributed by atoms with Crippen LogP contribution in [0.2, 0.25) is 0 Å². The normalized spacial score (nSPS) is 13.9. The van der Waals surface area contributed by atoms with Crippen LogP contribution in [-0.2, 0) is 13.0 Å². The predicted octanol–water partition coefficient (Wildman–Crippen LogP) is 4.25. The summed E-state index contributed by atoms with van der Waals surface area (Å²) in [5.41, 5.74) is 4.33. The van der Waals surface area contributed by atoms with Crippen LogP contribution in [0.25, 0.3) is 0 Å². The van der Waals surface area contributed by atoms with Gasteiger partial charge in [0, 0.05) is 29.5 Å². The predicted molar refractivity (Wildman–Crippen MR) is 107 cm³/mol. The average molecular weight is 381 g/mol. The Morgan fingerprint density at radius 2 is 2.00 bits per heavy atom. The monoisotopic (exact) mass is 380 g/mol. The van der Waals surface area contributed by atoms with Crippen LogP contribution in [0.5, 0.6) is 0 Å². The molecule has 140 valence electrons. The molecule has 1 aliphatic rings. The molecule has 0 radical (unpaired) electrons. The summed E-state index contributed by atoms with van der Waals surface area (Å²) in [5.74, 6) is 0.554. The summed E-state index contributed by atoms with van der Waals surface area (Å²) in [6.45, 7) is 5.01. The Bertz CT molecular complexity index is 941. The van der Waals surface area contributed by atoms with Crippen molar-refractivity contribution < 1.29 is 4.79 Å². The third kappa shape index (κ3) is 4.00. The van der Waals surface area contributed by atoms with Gasteiger partial charge in [0.1, 0.15) is 6.33 Å². The Hall–Kier alpha value is -2.34. The third-order valence-electron chi connectivity index (χ3n) is 5.15. The standard InChI is InChI=1S/C21H24N4OS/c1-15-12-19(16(2)24(15)11-10-17-6-4-3-5-7-17)20(26)13-27-21-23-22-14-25(21)18-8-9-18/h3-7,12,14,18H,8-11,13H2,1-2H3. The summed E-state index contributed by atoms with van der Waals surface area (Å²) < 4.78 is 4.35. The number of hydrogen-bond donors (Lipinski definition) is 0. The molecule has 0 spiro atoms. The zero-order valence-corrected chi connectivity index (χ0v) is 16.6. The maximum Gasteiger partial charge on any atom is 0.191 e. The van der Waals surface area contributed by atoms with E-state index >= 15 is 0 Å². The highest BCUT2D eigenvalue weighted by atomic mass is 32.2. The van der Waals surface area contributed by atoms with Gasteiger partial charge in [-0.3, -0.25) is 4.79 Å². The Kier molecular flexibility index (Phi) is 5.16. The van der Waals surface area contributed by atoms with Crippen LogP contribution >= 0.6 is 11.8 Å². The van der Waals surface area contributed by atoms with Gasteiger partial charge in [-0.15, -0.1) is 10.2 Å². The minimum absolute atomic E-state index is 0.157. The molecule has 5 nitrogen and oxygen atoms in total. The fourth-order valence-corrected chi connectivity index (χ4v) is 4.33. The summed E-state index contributed by atoms with van der Waals surface area (Å²) in [7, 11) is 0. The number of benzene rings is 1. The van der Waals surface area contributed by atoms with E-state index in [2.05, 4.69) is 50.5 Å². The molecule has 4 rings (SSSR count). The van der Waals surface area contributed by atoms with Crippen LogP contribution < -0.4 is 0 Å². The van der Waals surface area contributed by atoms with Crippen LogP contribution in [0.15, 0.2) is 47.9 Å². The molecule has 0 unspecified atom stereocenters. The van der Waals surface area contributed by atoms with Crippen LogP contribution in [-0.4, -0.2) is 30.9 Å².